The predicted molar refractivity (Wildman–Crippen MR) is 123 cm³/mol. The lowest BCUT2D eigenvalue weighted by Gasteiger charge is -2.16. The summed E-state index contributed by atoms with van der Waals surface area (Å²) in [5, 5.41) is 15.3. The number of ketones is 1. The fourth-order valence-corrected chi connectivity index (χ4v) is 3.49. The Labute approximate surface area is 191 Å². The Balaban J connectivity index is 2.14. The fraction of sp³-hybridized carbons (Fsp3) is 0.250. The molecule has 33 heavy (non-hydrogen) atoms. The first kappa shape index (κ1) is 23.5. The van der Waals surface area contributed by atoms with Crippen molar-refractivity contribution < 1.29 is 33.6 Å². The van der Waals surface area contributed by atoms with Crippen molar-refractivity contribution in [3.63, 3.8) is 0 Å². The average Bonchev–Trinajstić information content (AvgIpc) is 3.26. The van der Waals surface area contributed by atoms with Gasteiger partial charge in [0.25, 0.3) is 0 Å². The number of nitrogens with zero attached hydrogens (tertiary/aromatic N) is 2. The third-order valence-corrected chi connectivity index (χ3v) is 5.15. The zero-order valence-electron chi connectivity index (χ0n) is 19.3. The SMILES string of the molecule is COc1cc(OC)c(/C=C/C(=O)c2c(OC)cc(OC)c(-c3ccnn3C)c2O)c(OC)c1. The van der Waals surface area contributed by atoms with E-state index in [0.717, 1.165) is 0 Å². The lowest BCUT2D eigenvalue weighted by atomic mass is 9.99. The van der Waals surface area contributed by atoms with Crippen molar-refractivity contribution in [2.24, 2.45) is 7.05 Å². The number of phenolic OH excluding ortho intramolecular Hbond substituents is 1. The zero-order valence-corrected chi connectivity index (χ0v) is 19.3. The molecule has 0 amide bonds. The molecule has 0 aliphatic heterocycles. The van der Waals surface area contributed by atoms with Gasteiger partial charge in [0.15, 0.2) is 5.78 Å². The quantitative estimate of drug-likeness (QED) is 0.386. The van der Waals surface area contributed by atoms with Gasteiger partial charge in [-0.15, -0.1) is 0 Å². The second-order valence-electron chi connectivity index (χ2n) is 6.86. The van der Waals surface area contributed by atoms with Crippen molar-refractivity contribution in [2.45, 2.75) is 0 Å². The van der Waals surface area contributed by atoms with Gasteiger partial charge >= 0.3 is 0 Å². The fourth-order valence-electron chi connectivity index (χ4n) is 3.49. The van der Waals surface area contributed by atoms with E-state index >= 15 is 0 Å². The second kappa shape index (κ2) is 9.99. The van der Waals surface area contributed by atoms with Gasteiger partial charge in [0, 0.05) is 31.4 Å². The molecule has 0 bridgehead atoms. The molecule has 0 aliphatic rings. The highest BCUT2D eigenvalue weighted by Crippen LogP contribution is 2.45. The Morgan fingerprint density at radius 2 is 1.52 bits per heavy atom. The Kier molecular flexibility index (Phi) is 7.12. The third kappa shape index (κ3) is 4.43. The first-order valence-electron chi connectivity index (χ1n) is 9.88. The molecule has 0 spiro atoms. The van der Waals surface area contributed by atoms with Gasteiger partial charge in [0.05, 0.1) is 52.4 Å². The maximum Gasteiger partial charge on any atom is 0.193 e. The van der Waals surface area contributed by atoms with E-state index in [4.69, 9.17) is 23.7 Å². The van der Waals surface area contributed by atoms with Crippen molar-refractivity contribution in [3.05, 3.63) is 47.7 Å². The van der Waals surface area contributed by atoms with Crippen LogP contribution >= 0.6 is 0 Å². The molecule has 0 saturated carbocycles. The molecule has 3 aromatic rings. The summed E-state index contributed by atoms with van der Waals surface area (Å²) in [4.78, 5) is 13.3. The number of hydrogen-bond donors (Lipinski definition) is 1. The van der Waals surface area contributed by atoms with E-state index in [2.05, 4.69) is 5.10 Å². The monoisotopic (exact) mass is 454 g/mol. The summed E-state index contributed by atoms with van der Waals surface area (Å²) >= 11 is 0. The molecule has 0 unspecified atom stereocenters. The largest absolute Gasteiger partial charge is 0.506 e. The number of aryl methyl sites for hydroxylation is 1. The predicted octanol–water partition coefficient (Wildman–Crippen LogP) is 3.73. The van der Waals surface area contributed by atoms with Gasteiger partial charge in [-0.05, 0) is 18.2 Å². The normalized spacial score (nSPS) is 10.8. The number of allylic oxidation sites excluding steroid dienone is 1. The van der Waals surface area contributed by atoms with Gasteiger partial charge in [-0.25, -0.2) is 0 Å². The van der Waals surface area contributed by atoms with E-state index < -0.39 is 5.78 Å². The van der Waals surface area contributed by atoms with Gasteiger partial charge in [-0.3, -0.25) is 9.48 Å². The van der Waals surface area contributed by atoms with Crippen LogP contribution in [-0.4, -0.2) is 56.2 Å². The van der Waals surface area contributed by atoms with Crippen molar-refractivity contribution in [3.8, 4) is 45.8 Å². The number of methoxy groups -OCH3 is 5. The van der Waals surface area contributed by atoms with E-state index in [1.54, 1.807) is 48.3 Å². The van der Waals surface area contributed by atoms with Gasteiger partial charge in [0.1, 0.15) is 40.1 Å². The molecule has 1 heterocycles. The molecule has 0 radical (unpaired) electrons. The lowest BCUT2D eigenvalue weighted by molar-refractivity contribution is 0.104. The minimum atomic E-state index is -0.490. The van der Waals surface area contributed by atoms with E-state index in [1.165, 1.54) is 41.6 Å². The maximum absolute atomic E-state index is 13.3. The summed E-state index contributed by atoms with van der Waals surface area (Å²) in [6.45, 7) is 0. The van der Waals surface area contributed by atoms with E-state index in [0.29, 0.717) is 39.8 Å². The number of phenols is 1. The average molecular weight is 454 g/mol. The van der Waals surface area contributed by atoms with Crippen LogP contribution < -0.4 is 23.7 Å². The molecule has 2 aromatic carbocycles. The molecule has 174 valence electrons. The molecular weight excluding hydrogens is 428 g/mol. The highest BCUT2D eigenvalue weighted by atomic mass is 16.5. The summed E-state index contributed by atoms with van der Waals surface area (Å²) < 4.78 is 28.5. The van der Waals surface area contributed by atoms with Crippen LogP contribution in [0.4, 0.5) is 0 Å². The van der Waals surface area contributed by atoms with Gasteiger partial charge in [-0.2, -0.15) is 5.10 Å². The molecule has 9 nitrogen and oxygen atoms in total. The second-order valence-corrected chi connectivity index (χ2v) is 6.86. The Bertz CT molecular complexity index is 1170. The van der Waals surface area contributed by atoms with E-state index in [-0.39, 0.29) is 17.1 Å². The molecule has 9 heteroatoms. The summed E-state index contributed by atoms with van der Waals surface area (Å²) in [5.41, 5.74) is 1.42. The Morgan fingerprint density at radius 3 is 2.00 bits per heavy atom. The summed E-state index contributed by atoms with van der Waals surface area (Å²) in [5.74, 6) is 1.19. The van der Waals surface area contributed by atoms with Crippen molar-refractivity contribution >= 4 is 11.9 Å². The van der Waals surface area contributed by atoms with Crippen LogP contribution in [0.25, 0.3) is 17.3 Å². The van der Waals surface area contributed by atoms with Crippen LogP contribution in [0.5, 0.6) is 34.5 Å². The molecule has 0 fully saturated rings. The Hall–Kier alpha value is -4.14. The number of benzene rings is 2. The van der Waals surface area contributed by atoms with Crippen molar-refractivity contribution in [1.82, 2.24) is 9.78 Å². The van der Waals surface area contributed by atoms with E-state index in [9.17, 15) is 9.90 Å². The van der Waals surface area contributed by atoms with Crippen LogP contribution in [0.1, 0.15) is 15.9 Å². The van der Waals surface area contributed by atoms with Crippen LogP contribution in [0.3, 0.4) is 0 Å². The third-order valence-electron chi connectivity index (χ3n) is 5.15. The highest BCUT2D eigenvalue weighted by Gasteiger charge is 2.25. The zero-order chi connectivity index (χ0) is 24.1. The summed E-state index contributed by atoms with van der Waals surface area (Å²) in [6, 6.07) is 6.62. The van der Waals surface area contributed by atoms with Gasteiger partial charge < -0.3 is 28.8 Å². The molecule has 0 aliphatic carbocycles. The van der Waals surface area contributed by atoms with Crippen molar-refractivity contribution in [2.75, 3.05) is 35.5 Å². The molecular formula is C24H26N2O7. The standard InChI is InChI=1S/C24H26N2O7/c1-26-16(9-10-25-26)22-20(32-5)13-21(33-6)23(24(22)28)17(27)8-7-15-18(30-3)11-14(29-2)12-19(15)31-4/h7-13,28H,1-6H3/b8-7+. The number of carbonyl (C=O) groups is 1. The van der Waals surface area contributed by atoms with Crippen molar-refractivity contribution in [1.29, 1.82) is 0 Å². The van der Waals surface area contributed by atoms with Crippen LogP contribution in [0.2, 0.25) is 0 Å². The minimum Gasteiger partial charge on any atom is -0.506 e. The number of aromatic hydroxyl groups is 1. The van der Waals surface area contributed by atoms with Crippen LogP contribution in [-0.2, 0) is 7.05 Å². The smallest absolute Gasteiger partial charge is 0.193 e. The first-order valence-corrected chi connectivity index (χ1v) is 9.88. The molecule has 0 saturated heterocycles. The number of ether oxygens (including phenoxy) is 5. The first-order chi connectivity index (χ1) is 15.9. The lowest BCUT2D eigenvalue weighted by Crippen LogP contribution is -2.04. The summed E-state index contributed by atoms with van der Waals surface area (Å²) in [7, 11) is 9.15. The van der Waals surface area contributed by atoms with Crippen LogP contribution in [0, 0.1) is 0 Å². The maximum atomic E-state index is 13.3. The van der Waals surface area contributed by atoms with Gasteiger partial charge in [-0.1, -0.05) is 0 Å². The number of hydrogen-bond acceptors (Lipinski definition) is 8. The number of aromatic nitrogens is 2. The molecule has 3 rings (SSSR count). The number of carbonyl (C=O) groups excluding carboxylic acids is 1. The van der Waals surface area contributed by atoms with E-state index in [1.807, 2.05) is 0 Å². The molecule has 0 atom stereocenters. The van der Waals surface area contributed by atoms with Crippen LogP contribution in [0.15, 0.2) is 36.5 Å². The minimum absolute atomic E-state index is 0.0165. The molecule has 1 N–H and O–H groups in total. The molecule has 1 aromatic heterocycles. The summed E-state index contributed by atoms with van der Waals surface area (Å²) in [6.07, 6.45) is 4.44. The van der Waals surface area contributed by atoms with Gasteiger partial charge in [0.2, 0.25) is 0 Å². The number of rotatable bonds is 9. The Morgan fingerprint density at radius 1 is 0.909 bits per heavy atom. The highest BCUT2D eigenvalue weighted by molar-refractivity contribution is 6.12. The topological polar surface area (TPSA) is 101 Å².